The highest BCUT2D eigenvalue weighted by molar-refractivity contribution is 5.76. The summed E-state index contributed by atoms with van der Waals surface area (Å²) in [5.41, 5.74) is 0.308. The number of piperazine rings is 1. The molecule has 0 spiro atoms. The molecule has 9 nitrogen and oxygen atoms in total. The molecule has 2 aliphatic heterocycles. The number of hydrogen-bond donors (Lipinski definition) is 1. The number of ether oxygens (including phenoxy) is 3. The maximum absolute atomic E-state index is 13.2. The van der Waals surface area contributed by atoms with Crippen LogP contribution in [0.2, 0.25) is 0 Å². The first kappa shape index (κ1) is 26.9. The number of rotatable bonds is 5. The van der Waals surface area contributed by atoms with E-state index in [9.17, 15) is 19.5 Å². The third kappa shape index (κ3) is 4.79. The van der Waals surface area contributed by atoms with Crippen molar-refractivity contribution in [2.75, 3.05) is 37.6 Å². The Morgan fingerprint density at radius 3 is 2.34 bits per heavy atom. The molecular weight excluding hydrogens is 488 g/mol. The van der Waals surface area contributed by atoms with Crippen molar-refractivity contribution >= 4 is 23.6 Å². The van der Waals surface area contributed by atoms with Gasteiger partial charge in [0.15, 0.2) is 0 Å². The molecule has 0 radical (unpaired) electrons. The number of anilines is 1. The first-order valence-electron chi connectivity index (χ1n) is 13.8. The number of para-hydroxylation sites is 1. The smallest absolute Gasteiger partial charge is 0.311 e. The van der Waals surface area contributed by atoms with Crippen molar-refractivity contribution in [1.29, 1.82) is 0 Å². The van der Waals surface area contributed by atoms with Crippen LogP contribution in [0.3, 0.4) is 0 Å². The van der Waals surface area contributed by atoms with Gasteiger partial charge in [-0.3, -0.25) is 19.3 Å². The van der Waals surface area contributed by atoms with Crippen molar-refractivity contribution in [3.8, 4) is 0 Å². The van der Waals surface area contributed by atoms with E-state index in [0.717, 1.165) is 26.2 Å². The number of esters is 3. The van der Waals surface area contributed by atoms with Gasteiger partial charge in [-0.15, -0.1) is 0 Å². The highest BCUT2D eigenvalue weighted by Gasteiger charge is 2.67. The number of aliphatic hydroxyl groups is 1. The van der Waals surface area contributed by atoms with Gasteiger partial charge in [0.1, 0.15) is 18.3 Å². The predicted octanol–water partition coefficient (Wildman–Crippen LogP) is 2.26. The van der Waals surface area contributed by atoms with Crippen LogP contribution in [0.15, 0.2) is 30.3 Å². The molecule has 2 aliphatic carbocycles. The molecule has 0 amide bonds. The van der Waals surface area contributed by atoms with Crippen molar-refractivity contribution in [3.63, 3.8) is 0 Å². The van der Waals surface area contributed by atoms with Crippen LogP contribution in [0, 0.1) is 29.1 Å². The Balaban J connectivity index is 1.37. The highest BCUT2D eigenvalue weighted by atomic mass is 16.6. The number of benzene rings is 1. The molecule has 0 aromatic heterocycles. The molecule has 4 aliphatic rings. The van der Waals surface area contributed by atoms with Crippen molar-refractivity contribution in [1.82, 2.24) is 4.90 Å². The third-order valence-electron chi connectivity index (χ3n) is 9.52. The van der Waals surface area contributed by atoms with Crippen LogP contribution in [-0.2, 0) is 28.6 Å². The Bertz CT molecular complexity index is 1040. The van der Waals surface area contributed by atoms with Gasteiger partial charge >= 0.3 is 17.9 Å². The number of hydrogen-bond acceptors (Lipinski definition) is 9. The Morgan fingerprint density at radius 1 is 1.05 bits per heavy atom. The monoisotopic (exact) mass is 528 g/mol. The zero-order valence-electron chi connectivity index (χ0n) is 22.7. The van der Waals surface area contributed by atoms with E-state index < -0.39 is 53.6 Å². The van der Waals surface area contributed by atoms with Crippen molar-refractivity contribution in [2.24, 2.45) is 29.1 Å². The van der Waals surface area contributed by atoms with Gasteiger partial charge in [-0.25, -0.2) is 0 Å². The summed E-state index contributed by atoms with van der Waals surface area (Å²) in [4.78, 5) is 41.8. The minimum atomic E-state index is -0.964. The quantitative estimate of drug-likeness (QED) is 0.455. The molecule has 2 heterocycles. The van der Waals surface area contributed by atoms with Gasteiger partial charge in [-0.2, -0.15) is 0 Å². The van der Waals surface area contributed by atoms with Gasteiger partial charge in [0.2, 0.25) is 0 Å². The topological polar surface area (TPSA) is 106 Å². The summed E-state index contributed by atoms with van der Waals surface area (Å²) in [6.45, 7) is 10.6. The number of aliphatic hydroxyl groups excluding tert-OH is 1. The predicted molar refractivity (Wildman–Crippen MR) is 139 cm³/mol. The zero-order chi connectivity index (χ0) is 27.2. The lowest BCUT2D eigenvalue weighted by atomic mass is 9.66. The molecule has 0 bridgehead atoms. The van der Waals surface area contributed by atoms with Crippen LogP contribution in [0.1, 0.15) is 40.5 Å². The summed E-state index contributed by atoms with van der Waals surface area (Å²) in [6.07, 6.45) is -1.60. The number of fused-ring (bicyclic) bond motifs is 2. The van der Waals surface area contributed by atoms with Crippen LogP contribution in [-0.4, -0.2) is 85.1 Å². The van der Waals surface area contributed by atoms with Gasteiger partial charge in [0, 0.05) is 75.9 Å². The Kier molecular flexibility index (Phi) is 7.44. The minimum absolute atomic E-state index is 0.0180. The van der Waals surface area contributed by atoms with E-state index in [-0.39, 0.29) is 17.8 Å². The third-order valence-corrected chi connectivity index (χ3v) is 9.52. The Hall–Kier alpha value is -2.65. The lowest BCUT2D eigenvalue weighted by molar-refractivity contribution is -0.165. The molecule has 1 N–H and O–H groups in total. The van der Waals surface area contributed by atoms with E-state index in [1.807, 2.05) is 25.1 Å². The lowest BCUT2D eigenvalue weighted by Crippen LogP contribution is -2.53. The molecular formula is C29H40N2O7. The molecule has 0 unspecified atom stereocenters. The van der Waals surface area contributed by atoms with Gasteiger partial charge in [0.25, 0.3) is 0 Å². The second-order valence-electron chi connectivity index (χ2n) is 11.8. The SMILES string of the molecule is CC(=O)O[C@H]1C[C@H](OC(C)=O)[C@@]2(C)[C@H]1[C@@H](C)C[C@H]1OC(=O)[C@H](CN3CCN(c4ccccc4)CC3)[C@H]1[C@@H]2O. The number of carbonyl (C=O) groups excluding carboxylic acids is 3. The van der Waals surface area contributed by atoms with Gasteiger partial charge in [0.05, 0.1) is 12.0 Å². The summed E-state index contributed by atoms with van der Waals surface area (Å²) in [5.74, 6) is -2.26. The van der Waals surface area contributed by atoms with Crippen LogP contribution in [0.25, 0.3) is 0 Å². The molecule has 38 heavy (non-hydrogen) atoms. The zero-order valence-corrected chi connectivity index (χ0v) is 22.7. The molecule has 1 aromatic rings. The summed E-state index contributed by atoms with van der Waals surface area (Å²) < 4.78 is 17.4. The standard InChI is InChI=1S/C29H40N2O7/c1-17-14-22-25(27(34)29(4)24(37-19(3)33)15-23(26(17)29)36-18(2)32)21(28(35)38-22)16-30-10-12-31(13-11-30)20-8-6-5-7-9-20/h5-9,17,21-27,34H,10-16H2,1-4H3/t17-,21+,22+,23-,24-,25+,26-,27-,29-/m0/s1. The minimum Gasteiger partial charge on any atom is -0.462 e. The van der Waals surface area contributed by atoms with Gasteiger partial charge in [-0.1, -0.05) is 32.0 Å². The summed E-state index contributed by atoms with van der Waals surface area (Å²) in [5, 5.41) is 12.1. The lowest BCUT2D eigenvalue weighted by Gasteiger charge is -2.44. The second kappa shape index (κ2) is 10.5. The molecule has 2 saturated carbocycles. The van der Waals surface area contributed by atoms with Crippen LogP contribution >= 0.6 is 0 Å². The van der Waals surface area contributed by atoms with Crippen molar-refractivity contribution in [2.45, 2.75) is 65.0 Å². The fourth-order valence-electron chi connectivity index (χ4n) is 7.89. The summed E-state index contributed by atoms with van der Waals surface area (Å²) >= 11 is 0. The molecule has 1 aromatic carbocycles. The molecule has 9 atom stereocenters. The maximum atomic E-state index is 13.2. The van der Waals surface area contributed by atoms with E-state index >= 15 is 0 Å². The number of carbonyl (C=O) groups is 3. The second-order valence-corrected chi connectivity index (χ2v) is 11.8. The van der Waals surface area contributed by atoms with Gasteiger partial charge in [-0.05, 0) is 24.5 Å². The first-order chi connectivity index (χ1) is 18.1. The first-order valence-corrected chi connectivity index (χ1v) is 13.8. The van der Waals surface area contributed by atoms with Crippen molar-refractivity contribution in [3.05, 3.63) is 30.3 Å². The fraction of sp³-hybridized carbons (Fsp3) is 0.690. The molecule has 208 valence electrons. The van der Waals surface area contributed by atoms with E-state index in [1.165, 1.54) is 19.5 Å². The molecule has 5 rings (SSSR count). The van der Waals surface area contributed by atoms with E-state index in [0.29, 0.717) is 19.4 Å². The Morgan fingerprint density at radius 2 is 1.71 bits per heavy atom. The number of nitrogens with zero attached hydrogens (tertiary/aromatic N) is 2. The fourth-order valence-corrected chi connectivity index (χ4v) is 7.89. The van der Waals surface area contributed by atoms with E-state index in [1.54, 1.807) is 0 Å². The van der Waals surface area contributed by atoms with E-state index in [4.69, 9.17) is 14.2 Å². The largest absolute Gasteiger partial charge is 0.462 e. The maximum Gasteiger partial charge on any atom is 0.311 e. The van der Waals surface area contributed by atoms with Crippen LogP contribution in [0.4, 0.5) is 5.69 Å². The normalized spacial score (nSPS) is 39.1. The average Bonchev–Trinajstić information content (AvgIpc) is 3.28. The Labute approximate surface area is 224 Å². The summed E-state index contributed by atoms with van der Waals surface area (Å²) in [6, 6.07) is 10.3. The average molecular weight is 529 g/mol. The highest BCUT2D eigenvalue weighted by Crippen LogP contribution is 2.59. The van der Waals surface area contributed by atoms with Gasteiger partial charge < -0.3 is 24.2 Å². The van der Waals surface area contributed by atoms with Crippen LogP contribution < -0.4 is 4.90 Å². The molecule has 2 saturated heterocycles. The van der Waals surface area contributed by atoms with Crippen molar-refractivity contribution < 1.29 is 33.7 Å². The molecule has 9 heteroatoms. The molecule has 4 fully saturated rings. The van der Waals surface area contributed by atoms with E-state index in [2.05, 4.69) is 28.9 Å². The van der Waals surface area contributed by atoms with Crippen LogP contribution in [0.5, 0.6) is 0 Å². The summed E-state index contributed by atoms with van der Waals surface area (Å²) in [7, 11) is 0.